The first kappa shape index (κ1) is 19.0. The van der Waals surface area contributed by atoms with Crippen LogP contribution in [0.4, 0.5) is 0 Å². The second-order valence-corrected chi connectivity index (χ2v) is 8.91. The molecule has 2 amide bonds. The quantitative estimate of drug-likeness (QED) is 0.220. The van der Waals surface area contributed by atoms with Crippen molar-refractivity contribution in [3.8, 4) is 11.1 Å². The van der Waals surface area contributed by atoms with Crippen molar-refractivity contribution >= 4 is 44.1 Å². The first-order chi connectivity index (χ1) is 16.7. The summed E-state index contributed by atoms with van der Waals surface area (Å²) in [6.07, 6.45) is 0. The Morgan fingerprint density at radius 1 is 0.500 bits per heavy atom. The number of fused-ring (bicyclic) bond motifs is 1. The summed E-state index contributed by atoms with van der Waals surface area (Å²) in [4.78, 5) is 26.8. The molecule has 0 unspecified atom stereocenters. The number of hydrogen-bond donors (Lipinski definition) is 0. The van der Waals surface area contributed by atoms with Gasteiger partial charge in [0, 0.05) is 0 Å². The minimum atomic E-state index is -0.226. The maximum Gasteiger partial charge on any atom is 0.261 e. The van der Waals surface area contributed by atoms with Gasteiger partial charge in [0.25, 0.3) is 11.8 Å². The van der Waals surface area contributed by atoms with E-state index in [-0.39, 0.29) is 18.4 Å². The Bertz CT molecular complexity index is 1710. The minimum Gasteiger partial charge on any atom is -0.270 e. The average molecular weight is 437 g/mol. The van der Waals surface area contributed by atoms with Gasteiger partial charge in [-0.1, -0.05) is 91.0 Å². The number of carbonyl (C=O) groups is 2. The summed E-state index contributed by atoms with van der Waals surface area (Å²) in [6.45, 7) is 0.269. The van der Waals surface area contributed by atoms with Gasteiger partial charge in [-0.25, -0.2) is 0 Å². The lowest BCUT2D eigenvalue weighted by molar-refractivity contribution is 0.0642. The molecule has 1 aliphatic rings. The Balaban J connectivity index is 1.27. The topological polar surface area (TPSA) is 37.4 Å². The summed E-state index contributed by atoms with van der Waals surface area (Å²) >= 11 is 0. The molecule has 1 aliphatic heterocycles. The lowest BCUT2D eigenvalue weighted by Crippen LogP contribution is -2.29. The molecule has 0 aliphatic carbocycles. The summed E-state index contributed by atoms with van der Waals surface area (Å²) in [5.41, 5.74) is 4.19. The fourth-order valence-electron chi connectivity index (χ4n) is 5.34. The zero-order chi connectivity index (χ0) is 22.8. The van der Waals surface area contributed by atoms with E-state index in [1.807, 2.05) is 12.1 Å². The van der Waals surface area contributed by atoms with E-state index in [2.05, 4.69) is 66.7 Å². The highest BCUT2D eigenvalue weighted by atomic mass is 16.2. The number of nitrogens with zero attached hydrogens (tertiary/aromatic N) is 1. The summed E-state index contributed by atoms with van der Waals surface area (Å²) in [5, 5.41) is 7.58. The maximum atomic E-state index is 12.7. The molecule has 0 saturated heterocycles. The van der Waals surface area contributed by atoms with Gasteiger partial charge in [-0.2, -0.15) is 0 Å². The highest BCUT2D eigenvalue weighted by Gasteiger charge is 2.34. The fraction of sp³-hybridized carbons (Fsp3) is 0.0323. The normalized spacial score (nSPS) is 13.5. The molecule has 6 aromatic carbocycles. The smallest absolute Gasteiger partial charge is 0.261 e. The number of rotatable bonds is 3. The van der Waals surface area contributed by atoms with E-state index >= 15 is 0 Å². The Kier molecular flexibility index (Phi) is 3.91. The molecule has 0 N–H and O–H groups in total. The molecule has 0 spiro atoms. The lowest BCUT2D eigenvalue weighted by atomic mass is 9.90. The van der Waals surface area contributed by atoms with Crippen LogP contribution in [0.5, 0.6) is 0 Å². The number of amides is 2. The van der Waals surface area contributed by atoms with Crippen LogP contribution < -0.4 is 0 Å². The molecule has 0 saturated carbocycles. The van der Waals surface area contributed by atoms with Crippen LogP contribution in [0.25, 0.3) is 43.4 Å². The molecule has 7 rings (SSSR count). The van der Waals surface area contributed by atoms with E-state index in [0.29, 0.717) is 11.1 Å². The average Bonchev–Trinajstić information content (AvgIpc) is 3.13. The predicted octanol–water partition coefficient (Wildman–Crippen LogP) is 7.05. The molecule has 0 bridgehead atoms. The Morgan fingerprint density at radius 2 is 1.09 bits per heavy atom. The molecule has 0 radical (unpaired) electrons. The van der Waals surface area contributed by atoms with Gasteiger partial charge in [0.2, 0.25) is 0 Å². The van der Waals surface area contributed by atoms with E-state index < -0.39 is 0 Å². The SMILES string of the molecule is O=C1c2ccccc2C(=O)N1Cc1ccc(-c2ccc3ccc4cccc5ccc2c3c45)cc1. The van der Waals surface area contributed by atoms with Gasteiger partial charge >= 0.3 is 0 Å². The van der Waals surface area contributed by atoms with Crippen molar-refractivity contribution in [2.45, 2.75) is 6.54 Å². The van der Waals surface area contributed by atoms with Crippen LogP contribution in [0.2, 0.25) is 0 Å². The summed E-state index contributed by atoms with van der Waals surface area (Å²) < 4.78 is 0. The van der Waals surface area contributed by atoms with Gasteiger partial charge in [-0.15, -0.1) is 0 Å². The summed E-state index contributed by atoms with van der Waals surface area (Å²) in [7, 11) is 0. The molecular weight excluding hydrogens is 418 g/mol. The highest BCUT2D eigenvalue weighted by molar-refractivity contribution is 6.25. The van der Waals surface area contributed by atoms with E-state index in [9.17, 15) is 9.59 Å². The Hall–Kier alpha value is -4.50. The van der Waals surface area contributed by atoms with Gasteiger partial charge in [-0.05, 0) is 61.1 Å². The van der Waals surface area contributed by atoms with Crippen LogP contribution in [0.3, 0.4) is 0 Å². The molecule has 6 aromatic rings. The van der Waals surface area contributed by atoms with Crippen LogP contribution in [-0.2, 0) is 6.54 Å². The molecule has 0 fully saturated rings. The Labute approximate surface area is 196 Å². The Morgan fingerprint density at radius 3 is 1.76 bits per heavy atom. The molecule has 3 nitrogen and oxygen atoms in total. The third-order valence-corrected chi connectivity index (χ3v) is 7.01. The number of hydrogen-bond acceptors (Lipinski definition) is 2. The molecule has 1 heterocycles. The summed E-state index contributed by atoms with van der Waals surface area (Å²) in [6, 6.07) is 34.8. The molecule has 0 aromatic heterocycles. The maximum absolute atomic E-state index is 12.7. The second-order valence-electron chi connectivity index (χ2n) is 8.91. The van der Waals surface area contributed by atoms with Gasteiger partial charge in [0.15, 0.2) is 0 Å². The first-order valence-corrected chi connectivity index (χ1v) is 11.4. The van der Waals surface area contributed by atoms with Crippen LogP contribution in [0.15, 0.2) is 103 Å². The van der Waals surface area contributed by atoms with E-state index in [1.165, 1.54) is 42.8 Å². The monoisotopic (exact) mass is 437 g/mol. The third-order valence-electron chi connectivity index (χ3n) is 7.01. The van der Waals surface area contributed by atoms with Crippen LogP contribution >= 0.6 is 0 Å². The highest BCUT2D eigenvalue weighted by Crippen LogP contribution is 2.39. The number of carbonyl (C=O) groups excluding carboxylic acids is 2. The summed E-state index contributed by atoms with van der Waals surface area (Å²) in [5.74, 6) is -0.451. The van der Waals surface area contributed by atoms with Crippen molar-refractivity contribution in [2.24, 2.45) is 0 Å². The lowest BCUT2D eigenvalue weighted by Gasteiger charge is -2.16. The van der Waals surface area contributed by atoms with Crippen molar-refractivity contribution in [2.75, 3.05) is 0 Å². The number of benzene rings is 6. The third kappa shape index (κ3) is 2.64. The second kappa shape index (κ2) is 7.00. The van der Waals surface area contributed by atoms with Crippen molar-refractivity contribution in [1.82, 2.24) is 4.90 Å². The van der Waals surface area contributed by atoms with Crippen molar-refractivity contribution in [3.63, 3.8) is 0 Å². The van der Waals surface area contributed by atoms with Gasteiger partial charge in [0.1, 0.15) is 0 Å². The van der Waals surface area contributed by atoms with E-state index in [0.717, 1.165) is 11.1 Å². The molecule has 160 valence electrons. The van der Waals surface area contributed by atoms with Crippen molar-refractivity contribution < 1.29 is 9.59 Å². The van der Waals surface area contributed by atoms with Crippen molar-refractivity contribution in [3.05, 3.63) is 120 Å². The standard InChI is InChI=1S/C31H19NO2/c33-30-26-6-1-2-7-27(26)31(34)32(30)18-19-8-10-20(11-9-19)24-16-14-23-13-12-21-4-3-5-22-15-17-25(24)29(23)28(21)22/h1-17H,18H2. The van der Waals surface area contributed by atoms with Crippen LogP contribution in [0, 0.1) is 0 Å². The molecule has 3 heteroatoms. The van der Waals surface area contributed by atoms with E-state index in [4.69, 9.17) is 0 Å². The van der Waals surface area contributed by atoms with Gasteiger partial charge in [0.05, 0.1) is 17.7 Å². The van der Waals surface area contributed by atoms with Gasteiger partial charge in [-0.3, -0.25) is 14.5 Å². The fourth-order valence-corrected chi connectivity index (χ4v) is 5.34. The van der Waals surface area contributed by atoms with Crippen LogP contribution in [0.1, 0.15) is 26.3 Å². The van der Waals surface area contributed by atoms with Crippen molar-refractivity contribution in [1.29, 1.82) is 0 Å². The molecule has 0 atom stereocenters. The van der Waals surface area contributed by atoms with E-state index in [1.54, 1.807) is 24.3 Å². The molecule has 34 heavy (non-hydrogen) atoms. The zero-order valence-corrected chi connectivity index (χ0v) is 18.3. The van der Waals surface area contributed by atoms with Crippen LogP contribution in [-0.4, -0.2) is 16.7 Å². The minimum absolute atomic E-state index is 0.226. The first-order valence-electron chi connectivity index (χ1n) is 11.4. The van der Waals surface area contributed by atoms with Gasteiger partial charge < -0.3 is 0 Å². The predicted molar refractivity (Wildman–Crippen MR) is 136 cm³/mol. The zero-order valence-electron chi connectivity index (χ0n) is 18.3. The largest absolute Gasteiger partial charge is 0.270 e. The number of imide groups is 1. The molecular formula is C31H19NO2.